The van der Waals surface area contributed by atoms with Crippen LogP contribution in [0.4, 0.5) is 0 Å². The third-order valence-electron chi connectivity index (χ3n) is 9.02. The normalized spacial score (nSPS) is 19.3. The molecule has 5 heteroatoms. The Kier molecular flexibility index (Phi) is 6.64. The van der Waals surface area contributed by atoms with Crippen LogP contribution in [-0.2, 0) is 13.1 Å². The molecule has 0 saturated carbocycles. The second-order valence-corrected chi connectivity index (χ2v) is 12.1. The van der Waals surface area contributed by atoms with E-state index in [1.165, 1.54) is 33.2 Å². The summed E-state index contributed by atoms with van der Waals surface area (Å²) in [4.78, 5) is 14.9. The maximum absolute atomic E-state index is 12.5. The fraction of sp³-hybridized carbons (Fsp3) is 0.306. The minimum absolute atomic E-state index is 0.110. The largest absolute Gasteiger partial charge is 0.390 e. The molecule has 2 aliphatic rings. The van der Waals surface area contributed by atoms with E-state index in [1.807, 2.05) is 10.6 Å². The number of aryl methyl sites for hydroxylation is 2. The fourth-order valence-corrected chi connectivity index (χ4v) is 7.57. The monoisotopic (exact) mass is 543 g/mol. The fourth-order valence-electron chi connectivity index (χ4n) is 7.57. The highest BCUT2D eigenvalue weighted by molar-refractivity contribution is 6.06. The minimum Gasteiger partial charge on any atom is -0.390 e. The van der Waals surface area contributed by atoms with Gasteiger partial charge >= 0.3 is 0 Å². The molecule has 5 nitrogen and oxygen atoms in total. The van der Waals surface area contributed by atoms with Crippen LogP contribution in [0.5, 0.6) is 0 Å². The maximum atomic E-state index is 12.5. The summed E-state index contributed by atoms with van der Waals surface area (Å²) in [6, 6.07) is 31.5. The first-order chi connectivity index (χ1) is 20.0. The summed E-state index contributed by atoms with van der Waals surface area (Å²) in [5, 5.41) is 12.9. The van der Waals surface area contributed by atoms with E-state index in [9.17, 15) is 9.90 Å². The molecule has 3 aromatic carbocycles. The Morgan fingerprint density at radius 3 is 2.32 bits per heavy atom. The van der Waals surface area contributed by atoms with Crippen LogP contribution in [0.2, 0.25) is 0 Å². The van der Waals surface area contributed by atoms with Crippen molar-refractivity contribution in [2.75, 3.05) is 19.6 Å². The van der Waals surface area contributed by atoms with Gasteiger partial charge in [-0.2, -0.15) is 0 Å². The molecular weight excluding hydrogens is 506 g/mol. The molecule has 4 heterocycles. The lowest BCUT2D eigenvalue weighted by Crippen LogP contribution is -2.49. The molecule has 1 saturated heterocycles. The smallest absolute Gasteiger partial charge is 0.250 e. The maximum Gasteiger partial charge on any atom is 0.250 e. The molecule has 2 aromatic heterocycles. The zero-order valence-electron chi connectivity index (χ0n) is 23.8. The number of rotatable bonds is 6. The number of aliphatic hydroxyl groups excluding tert-OH is 1. The van der Waals surface area contributed by atoms with Crippen LogP contribution in [-0.4, -0.2) is 44.9 Å². The molecule has 0 radical (unpaired) electrons. The SMILES string of the molecule is Cc1cc(C)c2c(c1)c(-c1ccccc1)c(-c1ccccc1)n2CC(O)CN1CC2CC(C1)c1cccc(=O)n1C2. The lowest BCUT2D eigenvalue weighted by Gasteiger charge is -2.43. The number of pyridine rings is 1. The van der Waals surface area contributed by atoms with Crippen LogP contribution >= 0.6 is 0 Å². The van der Waals surface area contributed by atoms with E-state index < -0.39 is 6.10 Å². The molecule has 0 aliphatic carbocycles. The van der Waals surface area contributed by atoms with Gasteiger partial charge < -0.3 is 14.2 Å². The Labute approximate surface area is 241 Å². The van der Waals surface area contributed by atoms with Crippen LogP contribution in [0.1, 0.15) is 29.2 Å². The molecule has 0 amide bonds. The van der Waals surface area contributed by atoms with Crippen LogP contribution in [0.3, 0.4) is 0 Å². The van der Waals surface area contributed by atoms with Gasteiger partial charge in [0.15, 0.2) is 0 Å². The van der Waals surface area contributed by atoms with Gasteiger partial charge in [-0.15, -0.1) is 0 Å². The van der Waals surface area contributed by atoms with Gasteiger partial charge in [0.05, 0.1) is 23.9 Å². The molecule has 7 rings (SSSR count). The van der Waals surface area contributed by atoms with Crippen LogP contribution in [0.25, 0.3) is 33.3 Å². The Balaban J connectivity index is 1.27. The van der Waals surface area contributed by atoms with Crippen molar-refractivity contribution >= 4 is 10.9 Å². The van der Waals surface area contributed by atoms with E-state index in [-0.39, 0.29) is 5.56 Å². The van der Waals surface area contributed by atoms with Gasteiger partial charge in [0.25, 0.3) is 5.56 Å². The summed E-state index contributed by atoms with van der Waals surface area (Å²) in [7, 11) is 0. The van der Waals surface area contributed by atoms with Crippen molar-refractivity contribution in [3.63, 3.8) is 0 Å². The first-order valence-electron chi connectivity index (χ1n) is 14.8. The van der Waals surface area contributed by atoms with Crippen LogP contribution < -0.4 is 5.56 Å². The minimum atomic E-state index is -0.533. The highest BCUT2D eigenvalue weighted by Crippen LogP contribution is 2.43. The van der Waals surface area contributed by atoms with E-state index in [2.05, 4.69) is 102 Å². The third-order valence-corrected chi connectivity index (χ3v) is 9.02. The van der Waals surface area contributed by atoms with Gasteiger partial charge in [-0.25, -0.2) is 0 Å². The Bertz CT molecular complexity index is 1770. The number of fused-ring (bicyclic) bond motifs is 5. The molecule has 0 spiro atoms. The first-order valence-corrected chi connectivity index (χ1v) is 14.8. The average Bonchev–Trinajstić information content (AvgIpc) is 3.28. The highest BCUT2D eigenvalue weighted by atomic mass is 16.3. The Morgan fingerprint density at radius 2 is 1.56 bits per heavy atom. The zero-order chi connectivity index (χ0) is 28.1. The van der Waals surface area contributed by atoms with Crippen molar-refractivity contribution < 1.29 is 5.11 Å². The van der Waals surface area contributed by atoms with Crippen LogP contribution in [0, 0.1) is 19.8 Å². The molecule has 41 heavy (non-hydrogen) atoms. The summed E-state index contributed by atoms with van der Waals surface area (Å²) in [5.74, 6) is 0.779. The molecule has 5 aromatic rings. The van der Waals surface area contributed by atoms with Gasteiger partial charge in [-0.1, -0.05) is 78.4 Å². The number of benzene rings is 3. The number of aliphatic hydroxyl groups is 1. The number of hydrogen-bond acceptors (Lipinski definition) is 3. The Hall–Kier alpha value is -3.93. The second kappa shape index (κ2) is 10.5. The van der Waals surface area contributed by atoms with E-state index in [4.69, 9.17) is 0 Å². The summed E-state index contributed by atoms with van der Waals surface area (Å²) in [5.41, 5.74) is 9.63. The lowest BCUT2D eigenvalue weighted by molar-refractivity contribution is 0.0555. The van der Waals surface area contributed by atoms with Gasteiger partial charge in [0.1, 0.15) is 0 Å². The van der Waals surface area contributed by atoms with Crippen molar-refractivity contribution in [2.45, 2.75) is 45.4 Å². The number of β-amino-alcohol motifs (C(OH)–C–C–N with tert-alkyl or cyclic N) is 1. The second-order valence-electron chi connectivity index (χ2n) is 12.1. The van der Waals surface area contributed by atoms with Crippen molar-refractivity contribution in [1.29, 1.82) is 0 Å². The molecular formula is C36H37N3O2. The van der Waals surface area contributed by atoms with Crippen molar-refractivity contribution in [3.05, 3.63) is 118 Å². The predicted molar refractivity (Wildman–Crippen MR) is 166 cm³/mol. The number of likely N-dealkylation sites (tertiary alicyclic amines) is 1. The number of nitrogens with zero attached hydrogens (tertiary/aromatic N) is 3. The summed E-state index contributed by atoms with van der Waals surface area (Å²) >= 11 is 0. The first kappa shape index (κ1) is 26.0. The van der Waals surface area contributed by atoms with E-state index >= 15 is 0 Å². The van der Waals surface area contributed by atoms with Crippen molar-refractivity contribution in [2.24, 2.45) is 5.92 Å². The van der Waals surface area contributed by atoms with Crippen LogP contribution in [0.15, 0.2) is 95.8 Å². The quantitative estimate of drug-likeness (QED) is 0.276. The lowest BCUT2D eigenvalue weighted by atomic mass is 9.83. The van der Waals surface area contributed by atoms with E-state index in [0.29, 0.717) is 24.9 Å². The highest BCUT2D eigenvalue weighted by Gasteiger charge is 2.35. The molecule has 3 unspecified atom stereocenters. The summed E-state index contributed by atoms with van der Waals surface area (Å²) in [6.07, 6.45) is 0.587. The van der Waals surface area contributed by atoms with Gasteiger partial charge in [-0.3, -0.25) is 9.69 Å². The molecule has 2 aliphatic heterocycles. The van der Waals surface area contributed by atoms with E-state index in [0.717, 1.165) is 43.0 Å². The standard InChI is InChI=1S/C36H37N3O2/c1-24-16-25(2)35-31(17-24)34(27-10-5-3-6-11-27)36(28-12-7-4-8-13-28)39(35)23-30(40)22-37-19-26-18-29(21-37)32-14-9-15-33(41)38(32)20-26/h3-17,26,29-30,40H,18-23H2,1-2H3. The van der Waals surface area contributed by atoms with Crippen molar-refractivity contribution in [1.82, 2.24) is 14.0 Å². The number of hydrogen-bond donors (Lipinski definition) is 1. The number of aromatic nitrogens is 2. The predicted octanol–water partition coefficient (Wildman–Crippen LogP) is 6.23. The summed E-state index contributed by atoms with van der Waals surface area (Å²) < 4.78 is 4.34. The molecule has 3 atom stereocenters. The zero-order valence-corrected chi connectivity index (χ0v) is 23.8. The van der Waals surface area contributed by atoms with Gasteiger partial charge in [0, 0.05) is 54.8 Å². The topological polar surface area (TPSA) is 50.4 Å². The van der Waals surface area contributed by atoms with Gasteiger partial charge in [0.2, 0.25) is 0 Å². The third kappa shape index (κ3) is 4.73. The van der Waals surface area contributed by atoms with Crippen molar-refractivity contribution in [3.8, 4) is 22.4 Å². The average molecular weight is 544 g/mol. The molecule has 208 valence electrons. The molecule has 1 fully saturated rings. The van der Waals surface area contributed by atoms with Gasteiger partial charge in [-0.05, 0) is 55.0 Å². The molecule has 2 bridgehead atoms. The summed E-state index contributed by atoms with van der Waals surface area (Å²) in [6.45, 7) is 8.05. The van der Waals surface area contributed by atoms with E-state index in [1.54, 1.807) is 6.07 Å². The number of piperidine rings is 1. The Morgan fingerprint density at radius 1 is 0.829 bits per heavy atom. The molecule has 1 N–H and O–H groups in total.